The van der Waals surface area contributed by atoms with Crippen LogP contribution in [0.2, 0.25) is 0 Å². The number of hydrogen-bond acceptors (Lipinski definition) is 5. The molecule has 0 amide bonds. The molecule has 0 spiro atoms. The van der Waals surface area contributed by atoms with Gasteiger partial charge in [0.15, 0.2) is 11.8 Å². The van der Waals surface area contributed by atoms with Gasteiger partial charge in [-0.3, -0.25) is 0 Å². The normalized spacial score (nSPS) is 11.3. The van der Waals surface area contributed by atoms with Crippen molar-refractivity contribution >= 4 is 5.96 Å². The van der Waals surface area contributed by atoms with Gasteiger partial charge in [0.1, 0.15) is 12.3 Å². The molecule has 0 unspecified atom stereocenters. The summed E-state index contributed by atoms with van der Waals surface area (Å²) in [5, 5.41) is 10.2. The fourth-order valence-corrected chi connectivity index (χ4v) is 2.01. The van der Waals surface area contributed by atoms with Gasteiger partial charge in [0.2, 0.25) is 5.89 Å². The lowest BCUT2D eigenvalue weighted by atomic mass is 10.1. The number of nitrogens with zero attached hydrogens (tertiary/aromatic N) is 3. The summed E-state index contributed by atoms with van der Waals surface area (Å²) in [6.45, 7) is 5.74. The monoisotopic (exact) mass is 317 g/mol. The third-order valence-corrected chi connectivity index (χ3v) is 3.15. The number of hydrogen-bond donors (Lipinski definition) is 2. The van der Waals surface area contributed by atoms with Gasteiger partial charge in [0, 0.05) is 13.1 Å². The topological polar surface area (TPSA) is 84.6 Å². The molecule has 7 nitrogen and oxygen atoms in total. The zero-order valence-corrected chi connectivity index (χ0v) is 13.8. The number of benzene rings is 1. The number of aliphatic imine (C=N–C) groups is 1. The van der Waals surface area contributed by atoms with Crippen LogP contribution in [0.15, 0.2) is 33.8 Å². The molecule has 1 heterocycles. The number of methoxy groups -OCH3 is 1. The van der Waals surface area contributed by atoms with Crippen molar-refractivity contribution in [3.05, 3.63) is 41.5 Å². The van der Waals surface area contributed by atoms with E-state index in [2.05, 4.69) is 37.9 Å². The zero-order chi connectivity index (χ0) is 16.5. The maximum Gasteiger partial charge on any atom is 0.248 e. The fraction of sp³-hybridized carbons (Fsp3) is 0.438. The van der Waals surface area contributed by atoms with Gasteiger partial charge in [-0.05, 0) is 38.0 Å². The van der Waals surface area contributed by atoms with E-state index in [-0.39, 0.29) is 0 Å². The summed E-state index contributed by atoms with van der Waals surface area (Å²) in [6.07, 6.45) is 0.897. The second-order valence-electron chi connectivity index (χ2n) is 4.96. The van der Waals surface area contributed by atoms with Gasteiger partial charge >= 0.3 is 0 Å². The van der Waals surface area contributed by atoms with Gasteiger partial charge in [-0.25, -0.2) is 4.99 Å². The SMILES string of the molecule is CCNC(=NCc1nc(C)no1)NCCc1ccc(OC)cc1. The summed E-state index contributed by atoms with van der Waals surface area (Å²) in [4.78, 5) is 8.57. The van der Waals surface area contributed by atoms with E-state index < -0.39 is 0 Å². The molecule has 1 aromatic heterocycles. The summed E-state index contributed by atoms with van der Waals surface area (Å²) in [5.41, 5.74) is 1.24. The quantitative estimate of drug-likeness (QED) is 0.597. The van der Waals surface area contributed by atoms with Gasteiger partial charge in [-0.1, -0.05) is 17.3 Å². The maximum atomic E-state index is 5.15. The first-order chi connectivity index (χ1) is 11.2. The van der Waals surface area contributed by atoms with Crippen molar-refractivity contribution in [2.75, 3.05) is 20.2 Å². The van der Waals surface area contributed by atoms with Gasteiger partial charge in [0.05, 0.1) is 7.11 Å². The molecule has 2 rings (SSSR count). The van der Waals surface area contributed by atoms with E-state index in [1.807, 2.05) is 19.1 Å². The molecule has 7 heteroatoms. The highest BCUT2D eigenvalue weighted by atomic mass is 16.5. The summed E-state index contributed by atoms with van der Waals surface area (Å²) in [7, 11) is 1.67. The number of ether oxygens (including phenoxy) is 1. The number of aryl methyl sites for hydroxylation is 1. The zero-order valence-electron chi connectivity index (χ0n) is 13.8. The lowest BCUT2D eigenvalue weighted by Crippen LogP contribution is -2.38. The summed E-state index contributed by atoms with van der Waals surface area (Å²) >= 11 is 0. The Labute approximate surface area is 136 Å². The minimum atomic E-state index is 0.360. The van der Waals surface area contributed by atoms with Crippen molar-refractivity contribution in [2.24, 2.45) is 4.99 Å². The molecule has 0 bridgehead atoms. The third kappa shape index (κ3) is 5.61. The second-order valence-corrected chi connectivity index (χ2v) is 4.96. The lowest BCUT2D eigenvalue weighted by molar-refractivity contribution is 0.376. The first-order valence-electron chi connectivity index (χ1n) is 7.65. The van der Waals surface area contributed by atoms with E-state index in [4.69, 9.17) is 9.26 Å². The average Bonchev–Trinajstić information content (AvgIpc) is 2.99. The molecule has 0 aliphatic rings. The standard InChI is InChI=1S/C16H23N5O2/c1-4-17-16(19-11-15-20-12(2)21-23-15)18-10-9-13-5-7-14(22-3)8-6-13/h5-8H,4,9-11H2,1-3H3,(H2,17,18,19). The molecule has 2 aromatic rings. The molecule has 0 saturated carbocycles. The van der Waals surface area contributed by atoms with E-state index in [1.165, 1.54) is 5.56 Å². The molecule has 124 valence electrons. The minimum Gasteiger partial charge on any atom is -0.497 e. The Morgan fingerprint density at radius 2 is 2.04 bits per heavy atom. The van der Waals surface area contributed by atoms with Crippen LogP contribution in [0.1, 0.15) is 24.2 Å². The summed E-state index contributed by atoms with van der Waals surface area (Å²) in [6, 6.07) is 8.05. The van der Waals surface area contributed by atoms with Crippen LogP contribution < -0.4 is 15.4 Å². The van der Waals surface area contributed by atoms with Crippen LogP contribution >= 0.6 is 0 Å². The predicted molar refractivity (Wildman–Crippen MR) is 88.6 cm³/mol. The predicted octanol–water partition coefficient (Wildman–Crippen LogP) is 1.68. The van der Waals surface area contributed by atoms with Gasteiger partial charge in [-0.2, -0.15) is 4.98 Å². The average molecular weight is 317 g/mol. The van der Waals surface area contributed by atoms with E-state index >= 15 is 0 Å². The van der Waals surface area contributed by atoms with E-state index in [0.717, 1.165) is 31.2 Å². The van der Waals surface area contributed by atoms with Crippen LogP contribution in [-0.4, -0.2) is 36.3 Å². The number of guanidine groups is 1. The van der Waals surface area contributed by atoms with E-state index in [1.54, 1.807) is 14.0 Å². The van der Waals surface area contributed by atoms with Crippen molar-refractivity contribution in [3.8, 4) is 5.75 Å². The summed E-state index contributed by atoms with van der Waals surface area (Å²) in [5.74, 6) is 2.73. The van der Waals surface area contributed by atoms with Crippen LogP contribution in [-0.2, 0) is 13.0 Å². The van der Waals surface area contributed by atoms with E-state index in [0.29, 0.717) is 18.3 Å². The molecule has 0 aliphatic heterocycles. The molecular weight excluding hydrogens is 294 g/mol. The van der Waals surface area contributed by atoms with Crippen LogP contribution in [0.5, 0.6) is 5.75 Å². The second kappa shape index (κ2) is 8.77. The molecule has 23 heavy (non-hydrogen) atoms. The Balaban J connectivity index is 1.83. The van der Waals surface area contributed by atoms with Crippen molar-refractivity contribution in [1.29, 1.82) is 0 Å². The molecule has 0 fully saturated rings. The highest BCUT2D eigenvalue weighted by Gasteiger charge is 2.03. The Kier molecular flexibility index (Phi) is 6.40. The van der Waals surface area contributed by atoms with Gasteiger partial charge in [0.25, 0.3) is 0 Å². The highest BCUT2D eigenvalue weighted by molar-refractivity contribution is 5.79. The molecule has 1 aromatic carbocycles. The number of aromatic nitrogens is 2. The van der Waals surface area contributed by atoms with Crippen molar-refractivity contribution in [1.82, 2.24) is 20.8 Å². The largest absolute Gasteiger partial charge is 0.497 e. The smallest absolute Gasteiger partial charge is 0.248 e. The van der Waals surface area contributed by atoms with Crippen molar-refractivity contribution in [2.45, 2.75) is 26.8 Å². The van der Waals surface area contributed by atoms with Gasteiger partial charge in [-0.15, -0.1) is 0 Å². The maximum absolute atomic E-state index is 5.15. The van der Waals surface area contributed by atoms with Crippen LogP contribution in [0.25, 0.3) is 0 Å². The molecule has 0 aliphatic carbocycles. The fourth-order valence-electron chi connectivity index (χ4n) is 2.01. The number of rotatable bonds is 7. The molecule has 0 saturated heterocycles. The molecular formula is C16H23N5O2. The third-order valence-electron chi connectivity index (χ3n) is 3.15. The lowest BCUT2D eigenvalue weighted by Gasteiger charge is -2.11. The van der Waals surface area contributed by atoms with Gasteiger partial charge < -0.3 is 19.9 Å². The van der Waals surface area contributed by atoms with Crippen molar-refractivity contribution in [3.63, 3.8) is 0 Å². The van der Waals surface area contributed by atoms with E-state index in [9.17, 15) is 0 Å². The summed E-state index contributed by atoms with van der Waals surface area (Å²) < 4.78 is 10.2. The Bertz CT molecular complexity index is 622. The van der Waals surface area contributed by atoms with Crippen molar-refractivity contribution < 1.29 is 9.26 Å². The highest BCUT2D eigenvalue weighted by Crippen LogP contribution is 2.11. The molecule has 0 radical (unpaired) electrons. The first-order valence-corrected chi connectivity index (χ1v) is 7.65. The minimum absolute atomic E-state index is 0.360. The van der Waals surface area contributed by atoms with Crippen LogP contribution in [0, 0.1) is 6.92 Å². The van der Waals surface area contributed by atoms with Crippen LogP contribution in [0.4, 0.5) is 0 Å². The molecule has 2 N–H and O–H groups in total. The Morgan fingerprint density at radius 3 is 2.65 bits per heavy atom. The Morgan fingerprint density at radius 1 is 1.26 bits per heavy atom. The molecule has 0 atom stereocenters. The van der Waals surface area contributed by atoms with Crippen LogP contribution in [0.3, 0.4) is 0 Å². The first kappa shape index (κ1) is 16.8. The number of nitrogens with one attached hydrogen (secondary N) is 2. The Hall–Kier alpha value is -2.57.